The van der Waals surface area contributed by atoms with Crippen molar-refractivity contribution in [2.45, 2.75) is 32.3 Å². The van der Waals surface area contributed by atoms with Gasteiger partial charge >= 0.3 is 5.97 Å². The Kier molecular flexibility index (Phi) is 5.97. The molecule has 2 atom stereocenters. The van der Waals surface area contributed by atoms with Gasteiger partial charge in [0.05, 0.1) is 29.7 Å². The molecule has 1 unspecified atom stereocenters. The van der Waals surface area contributed by atoms with E-state index in [0.29, 0.717) is 23.5 Å². The van der Waals surface area contributed by atoms with Crippen molar-refractivity contribution in [1.29, 1.82) is 5.26 Å². The van der Waals surface area contributed by atoms with E-state index in [2.05, 4.69) is 18.0 Å². The normalized spacial score (nSPS) is 17.4. The first-order valence-electron chi connectivity index (χ1n) is 10.6. The van der Waals surface area contributed by atoms with Crippen LogP contribution in [0, 0.1) is 11.3 Å². The van der Waals surface area contributed by atoms with Crippen LogP contribution in [0.1, 0.15) is 37.3 Å². The Morgan fingerprint density at radius 1 is 1.29 bits per heavy atom. The number of hydrogen-bond donors (Lipinski definition) is 0. The summed E-state index contributed by atoms with van der Waals surface area (Å²) in [4.78, 5) is 14.5. The van der Waals surface area contributed by atoms with Crippen LogP contribution >= 0.6 is 0 Å². The molecule has 0 amide bonds. The van der Waals surface area contributed by atoms with Crippen LogP contribution in [0.3, 0.4) is 0 Å². The van der Waals surface area contributed by atoms with Gasteiger partial charge in [-0.15, -0.1) is 0 Å². The smallest absolute Gasteiger partial charge is 0.313 e. The van der Waals surface area contributed by atoms with Crippen molar-refractivity contribution < 1.29 is 18.7 Å². The predicted octanol–water partition coefficient (Wildman–Crippen LogP) is 4.72. The number of benzene rings is 2. The Labute approximate surface area is 182 Å². The summed E-state index contributed by atoms with van der Waals surface area (Å²) in [5, 5.41) is 10.0. The minimum Gasteiger partial charge on any atom is -0.488 e. The zero-order valence-corrected chi connectivity index (χ0v) is 18.1. The largest absolute Gasteiger partial charge is 0.488 e. The summed E-state index contributed by atoms with van der Waals surface area (Å²) < 4.78 is 17.6. The lowest BCUT2D eigenvalue weighted by molar-refractivity contribution is -0.144. The van der Waals surface area contributed by atoms with E-state index in [9.17, 15) is 10.1 Å². The van der Waals surface area contributed by atoms with Gasteiger partial charge in [-0.05, 0) is 69.3 Å². The van der Waals surface area contributed by atoms with Gasteiger partial charge in [0.2, 0.25) is 0 Å². The molecule has 6 heteroatoms. The molecule has 0 radical (unpaired) electrons. The molecule has 6 nitrogen and oxygen atoms in total. The van der Waals surface area contributed by atoms with Gasteiger partial charge in [-0.2, -0.15) is 5.26 Å². The zero-order valence-electron chi connectivity index (χ0n) is 18.1. The second kappa shape index (κ2) is 8.83. The number of carbonyl (C=O) groups is 1. The number of hydrogen-bond acceptors (Lipinski definition) is 6. The van der Waals surface area contributed by atoms with Gasteiger partial charge < -0.3 is 18.8 Å². The van der Waals surface area contributed by atoms with Crippen molar-refractivity contribution in [3.05, 3.63) is 53.6 Å². The van der Waals surface area contributed by atoms with E-state index in [-0.39, 0.29) is 12.1 Å². The third-order valence-electron chi connectivity index (χ3n) is 5.70. The maximum atomic E-state index is 12.3. The number of fused-ring (bicyclic) bond motifs is 1. The highest BCUT2D eigenvalue weighted by atomic mass is 16.5. The van der Waals surface area contributed by atoms with E-state index in [1.165, 1.54) is 0 Å². The predicted molar refractivity (Wildman–Crippen MR) is 118 cm³/mol. The van der Waals surface area contributed by atoms with Crippen LogP contribution in [0.25, 0.3) is 22.3 Å². The van der Waals surface area contributed by atoms with Gasteiger partial charge in [0, 0.05) is 18.5 Å². The molecule has 4 rings (SSSR count). The molecule has 0 saturated carbocycles. The first-order chi connectivity index (χ1) is 15.0. The highest BCUT2D eigenvalue weighted by Gasteiger charge is 2.25. The van der Waals surface area contributed by atoms with Gasteiger partial charge in [0.1, 0.15) is 23.2 Å². The topological polar surface area (TPSA) is 75.7 Å². The number of ether oxygens (including phenoxy) is 2. The van der Waals surface area contributed by atoms with E-state index < -0.39 is 5.92 Å². The van der Waals surface area contributed by atoms with Crippen LogP contribution in [0.15, 0.2) is 46.9 Å². The van der Waals surface area contributed by atoms with Crippen LogP contribution < -0.4 is 4.74 Å². The molecule has 1 saturated heterocycles. The van der Waals surface area contributed by atoms with Gasteiger partial charge in [0.15, 0.2) is 0 Å². The summed E-state index contributed by atoms with van der Waals surface area (Å²) in [6, 6.07) is 15.2. The van der Waals surface area contributed by atoms with Crippen LogP contribution in [-0.4, -0.2) is 43.7 Å². The first-order valence-corrected chi connectivity index (χ1v) is 10.6. The Morgan fingerprint density at radius 3 is 2.84 bits per heavy atom. The van der Waals surface area contributed by atoms with Gasteiger partial charge in [-0.3, -0.25) is 4.79 Å². The Bertz CT molecular complexity index is 1140. The van der Waals surface area contributed by atoms with E-state index in [0.717, 1.165) is 41.8 Å². The highest BCUT2D eigenvalue weighted by molar-refractivity contribution is 5.86. The van der Waals surface area contributed by atoms with Gasteiger partial charge in [-0.1, -0.05) is 6.07 Å². The molecule has 0 aliphatic carbocycles. The number of nitrogens with zero attached hydrogens (tertiary/aromatic N) is 2. The van der Waals surface area contributed by atoms with Crippen molar-refractivity contribution in [1.82, 2.24) is 4.90 Å². The van der Waals surface area contributed by atoms with Crippen molar-refractivity contribution >= 4 is 16.9 Å². The summed E-state index contributed by atoms with van der Waals surface area (Å²) in [7, 11) is 2.08. The molecule has 0 N–H and O–H groups in total. The molecule has 1 aromatic heterocycles. The Morgan fingerprint density at radius 2 is 2.13 bits per heavy atom. The molecule has 0 bridgehead atoms. The number of esters is 1. The van der Waals surface area contributed by atoms with Crippen LogP contribution in [0.4, 0.5) is 0 Å². The second-order valence-corrected chi connectivity index (χ2v) is 8.00. The minimum absolute atomic E-state index is 0.103. The van der Waals surface area contributed by atoms with Crippen LogP contribution in [0.5, 0.6) is 5.75 Å². The zero-order chi connectivity index (χ0) is 22.0. The third kappa shape index (κ3) is 4.42. The fourth-order valence-electron chi connectivity index (χ4n) is 3.93. The molecule has 0 spiro atoms. The van der Waals surface area contributed by atoms with Gasteiger partial charge in [0.25, 0.3) is 0 Å². The molecule has 2 heterocycles. The summed E-state index contributed by atoms with van der Waals surface area (Å²) in [5.41, 5.74) is 2.90. The number of likely N-dealkylation sites (N-methyl/N-ethyl adjacent to an activating group) is 1. The number of likely N-dealkylation sites (tertiary alicyclic amines) is 1. The first kappa shape index (κ1) is 21.0. The molecular weight excluding hydrogens is 392 g/mol. The standard InChI is InChI=1S/C25H26N2O4/c1-4-29-25(28)16(2)18-6-8-23(30-20-9-10-27(3)15-20)21(12-18)24-13-19-11-17(14-26)5-7-22(19)31-24/h5-8,11-13,16,20H,4,9-10,15H2,1-3H3/t16?,20-/m0/s1. The van der Waals surface area contributed by atoms with Crippen LogP contribution in [0.2, 0.25) is 0 Å². The number of nitriles is 1. The number of carbonyl (C=O) groups excluding carboxylic acids is 1. The third-order valence-corrected chi connectivity index (χ3v) is 5.70. The number of rotatable bonds is 6. The summed E-state index contributed by atoms with van der Waals surface area (Å²) in [6.45, 7) is 5.85. The SMILES string of the molecule is CCOC(=O)C(C)c1ccc(O[C@H]2CCN(C)C2)c(-c2cc3cc(C#N)ccc3o2)c1. The van der Waals surface area contributed by atoms with E-state index in [4.69, 9.17) is 13.9 Å². The molecule has 2 aromatic carbocycles. The molecule has 31 heavy (non-hydrogen) atoms. The lowest BCUT2D eigenvalue weighted by Crippen LogP contribution is -2.21. The summed E-state index contributed by atoms with van der Waals surface area (Å²) in [6.07, 6.45) is 1.06. The Balaban J connectivity index is 1.75. The number of furan rings is 1. The molecule has 3 aromatic rings. The van der Waals surface area contributed by atoms with Crippen molar-refractivity contribution in [3.8, 4) is 23.1 Å². The van der Waals surface area contributed by atoms with E-state index in [1.54, 1.807) is 25.1 Å². The minimum atomic E-state index is -0.403. The lowest BCUT2D eigenvalue weighted by atomic mass is 9.97. The van der Waals surface area contributed by atoms with E-state index >= 15 is 0 Å². The van der Waals surface area contributed by atoms with Gasteiger partial charge in [-0.25, -0.2) is 0 Å². The second-order valence-electron chi connectivity index (χ2n) is 8.00. The van der Waals surface area contributed by atoms with E-state index in [1.807, 2.05) is 31.2 Å². The fraction of sp³-hybridized carbons (Fsp3) is 0.360. The van der Waals surface area contributed by atoms with Crippen molar-refractivity contribution in [2.75, 3.05) is 26.7 Å². The maximum Gasteiger partial charge on any atom is 0.313 e. The summed E-state index contributed by atoms with van der Waals surface area (Å²) >= 11 is 0. The summed E-state index contributed by atoms with van der Waals surface area (Å²) in [5.74, 6) is 0.701. The quantitative estimate of drug-likeness (QED) is 0.539. The molecule has 1 aliphatic heterocycles. The molecule has 1 fully saturated rings. The Hall–Kier alpha value is -3.30. The molecule has 160 valence electrons. The monoisotopic (exact) mass is 418 g/mol. The average Bonchev–Trinajstić information content (AvgIpc) is 3.38. The lowest BCUT2D eigenvalue weighted by Gasteiger charge is -2.18. The average molecular weight is 418 g/mol. The molecular formula is C25H26N2O4. The molecule has 1 aliphatic rings. The van der Waals surface area contributed by atoms with Crippen molar-refractivity contribution in [2.24, 2.45) is 0 Å². The van der Waals surface area contributed by atoms with Crippen LogP contribution in [-0.2, 0) is 9.53 Å². The maximum absolute atomic E-state index is 12.3. The fourth-order valence-corrected chi connectivity index (χ4v) is 3.93. The van der Waals surface area contributed by atoms with Crippen molar-refractivity contribution in [3.63, 3.8) is 0 Å². The highest BCUT2D eigenvalue weighted by Crippen LogP contribution is 2.38.